The van der Waals surface area contributed by atoms with Crippen molar-refractivity contribution in [3.63, 3.8) is 0 Å². The van der Waals surface area contributed by atoms with Gasteiger partial charge in [0.15, 0.2) is 11.2 Å². The molecule has 0 amide bonds. The summed E-state index contributed by atoms with van der Waals surface area (Å²) in [5.74, 6) is 0.338. The summed E-state index contributed by atoms with van der Waals surface area (Å²) in [6, 6.07) is 3.47. The van der Waals surface area contributed by atoms with Gasteiger partial charge in [0.1, 0.15) is 5.60 Å². The SMILES string of the molecule is Cn1c(Nc2ccncc2)nc2c1c(=O)n(C(=O)OC(C)(C)C)c(=O)n2C. The minimum absolute atomic E-state index is 0.0968. The van der Waals surface area contributed by atoms with Crippen molar-refractivity contribution in [3.05, 3.63) is 45.4 Å². The molecule has 0 aliphatic carbocycles. The van der Waals surface area contributed by atoms with E-state index >= 15 is 0 Å². The van der Waals surface area contributed by atoms with Crippen molar-refractivity contribution >= 4 is 28.9 Å². The number of anilines is 2. The molecule has 0 saturated carbocycles. The number of nitrogens with zero attached hydrogens (tertiary/aromatic N) is 5. The van der Waals surface area contributed by atoms with Gasteiger partial charge < -0.3 is 14.6 Å². The summed E-state index contributed by atoms with van der Waals surface area (Å²) in [5, 5.41) is 3.05. The van der Waals surface area contributed by atoms with Crippen molar-refractivity contribution in [1.82, 2.24) is 23.7 Å². The first-order chi connectivity index (χ1) is 12.6. The Balaban J connectivity index is 2.19. The van der Waals surface area contributed by atoms with Crippen molar-refractivity contribution in [2.75, 3.05) is 5.32 Å². The van der Waals surface area contributed by atoms with Crippen LogP contribution < -0.4 is 16.6 Å². The molecule has 10 nitrogen and oxygen atoms in total. The zero-order chi connectivity index (χ0) is 19.9. The molecule has 0 radical (unpaired) electrons. The molecule has 27 heavy (non-hydrogen) atoms. The van der Waals surface area contributed by atoms with Crippen LogP contribution in [-0.2, 0) is 18.8 Å². The molecule has 3 heterocycles. The van der Waals surface area contributed by atoms with Crippen LogP contribution in [0.4, 0.5) is 16.4 Å². The van der Waals surface area contributed by atoms with Gasteiger partial charge in [0.25, 0.3) is 5.56 Å². The van der Waals surface area contributed by atoms with Gasteiger partial charge in [0.05, 0.1) is 0 Å². The number of aryl methyl sites for hydroxylation is 2. The second-order valence-electron chi connectivity index (χ2n) is 6.99. The molecular weight excluding hydrogens is 352 g/mol. The predicted molar refractivity (Wildman–Crippen MR) is 99.4 cm³/mol. The van der Waals surface area contributed by atoms with Gasteiger partial charge >= 0.3 is 11.8 Å². The summed E-state index contributed by atoms with van der Waals surface area (Å²) in [6.45, 7) is 4.96. The van der Waals surface area contributed by atoms with E-state index < -0.39 is 22.9 Å². The van der Waals surface area contributed by atoms with E-state index in [1.807, 2.05) is 0 Å². The zero-order valence-electron chi connectivity index (χ0n) is 15.7. The van der Waals surface area contributed by atoms with Gasteiger partial charge in [0, 0.05) is 32.2 Å². The standard InChI is InChI=1S/C17H20N6O4/c1-17(2,3)27-16(26)23-13(24)11-12(22(5)15(23)25)20-14(21(11)4)19-10-6-8-18-9-7-10/h6-9H,1-5H3,(H,18,19,20). The number of rotatable bonds is 2. The van der Waals surface area contributed by atoms with Gasteiger partial charge in [-0.2, -0.15) is 9.55 Å². The van der Waals surface area contributed by atoms with Crippen LogP contribution in [-0.4, -0.2) is 35.4 Å². The first-order valence-electron chi connectivity index (χ1n) is 8.19. The highest BCUT2D eigenvalue weighted by atomic mass is 16.6. The topological polar surface area (TPSA) is 113 Å². The minimum Gasteiger partial charge on any atom is -0.443 e. The van der Waals surface area contributed by atoms with E-state index in [0.717, 1.165) is 4.57 Å². The number of pyridine rings is 1. The Morgan fingerprint density at radius 3 is 2.33 bits per heavy atom. The molecule has 3 rings (SSSR count). The molecule has 3 aromatic rings. The zero-order valence-corrected chi connectivity index (χ0v) is 15.7. The smallest absolute Gasteiger partial charge is 0.425 e. The molecule has 0 unspecified atom stereocenters. The molecule has 3 aromatic heterocycles. The van der Waals surface area contributed by atoms with Crippen LogP contribution in [0.5, 0.6) is 0 Å². The highest BCUT2D eigenvalue weighted by molar-refractivity contribution is 5.79. The fraction of sp³-hybridized carbons (Fsp3) is 0.353. The lowest BCUT2D eigenvalue weighted by Gasteiger charge is -2.19. The summed E-state index contributed by atoms with van der Waals surface area (Å²) in [7, 11) is 3.05. The normalized spacial score (nSPS) is 11.6. The van der Waals surface area contributed by atoms with Crippen molar-refractivity contribution < 1.29 is 9.53 Å². The van der Waals surface area contributed by atoms with E-state index in [4.69, 9.17) is 4.74 Å². The molecule has 0 aromatic carbocycles. The fourth-order valence-electron chi connectivity index (χ4n) is 2.54. The summed E-state index contributed by atoms with van der Waals surface area (Å²) in [5.41, 5.74) is -1.50. The second-order valence-corrected chi connectivity index (χ2v) is 6.99. The Hall–Kier alpha value is -3.43. The molecule has 0 aliphatic rings. The maximum absolute atomic E-state index is 12.9. The van der Waals surface area contributed by atoms with Gasteiger partial charge in [0.2, 0.25) is 5.95 Å². The van der Waals surface area contributed by atoms with E-state index in [9.17, 15) is 14.4 Å². The summed E-state index contributed by atoms with van der Waals surface area (Å²) in [4.78, 5) is 46.1. The predicted octanol–water partition coefficient (Wildman–Crippen LogP) is 1.36. The molecule has 0 spiro atoms. The number of aromatic nitrogens is 5. The quantitative estimate of drug-likeness (QED) is 0.722. The number of carbonyl (C=O) groups excluding carboxylic acids is 1. The second kappa shape index (κ2) is 6.38. The van der Waals surface area contributed by atoms with Crippen LogP contribution in [0.15, 0.2) is 34.1 Å². The van der Waals surface area contributed by atoms with Gasteiger partial charge in [-0.15, -0.1) is 0 Å². The third-order valence-electron chi connectivity index (χ3n) is 3.79. The van der Waals surface area contributed by atoms with Crippen LogP contribution >= 0.6 is 0 Å². The lowest BCUT2D eigenvalue weighted by atomic mass is 10.2. The van der Waals surface area contributed by atoms with Crippen molar-refractivity contribution in [1.29, 1.82) is 0 Å². The molecule has 142 valence electrons. The van der Waals surface area contributed by atoms with Gasteiger partial charge in [-0.1, -0.05) is 0 Å². The Kier molecular flexibility index (Phi) is 4.34. The van der Waals surface area contributed by atoms with Crippen molar-refractivity contribution in [2.45, 2.75) is 26.4 Å². The maximum Gasteiger partial charge on any atom is 0.425 e. The van der Waals surface area contributed by atoms with E-state index in [1.165, 1.54) is 11.6 Å². The van der Waals surface area contributed by atoms with Crippen LogP contribution in [0, 0.1) is 0 Å². The highest BCUT2D eigenvalue weighted by Gasteiger charge is 2.25. The average molecular weight is 372 g/mol. The van der Waals surface area contributed by atoms with E-state index in [2.05, 4.69) is 15.3 Å². The third kappa shape index (κ3) is 3.33. The summed E-state index contributed by atoms with van der Waals surface area (Å²) in [6.07, 6.45) is 2.19. The number of fused-ring (bicyclic) bond motifs is 1. The molecule has 10 heteroatoms. The lowest BCUT2D eigenvalue weighted by molar-refractivity contribution is 0.0522. The molecule has 0 aliphatic heterocycles. The van der Waals surface area contributed by atoms with E-state index in [-0.39, 0.29) is 11.2 Å². The number of imidazole rings is 1. The highest BCUT2D eigenvalue weighted by Crippen LogP contribution is 2.18. The molecular formula is C17H20N6O4. The number of hydrogen-bond donors (Lipinski definition) is 1. The minimum atomic E-state index is -1.03. The van der Waals surface area contributed by atoms with E-state index in [1.54, 1.807) is 52.3 Å². The van der Waals surface area contributed by atoms with Gasteiger partial charge in [-0.05, 0) is 32.9 Å². The number of carbonyl (C=O) groups is 1. The molecule has 0 fully saturated rings. The van der Waals surface area contributed by atoms with Crippen LogP contribution in [0.25, 0.3) is 11.2 Å². The van der Waals surface area contributed by atoms with Crippen molar-refractivity contribution in [3.8, 4) is 0 Å². The molecule has 0 bridgehead atoms. The average Bonchev–Trinajstić information content (AvgIpc) is 2.89. The first-order valence-corrected chi connectivity index (χ1v) is 8.19. The number of ether oxygens (including phenoxy) is 1. The summed E-state index contributed by atoms with van der Waals surface area (Å²) >= 11 is 0. The Labute approximate surface area is 154 Å². The lowest BCUT2D eigenvalue weighted by Crippen LogP contribution is -2.45. The molecule has 1 N–H and O–H groups in total. The Bertz CT molecular complexity index is 1130. The largest absolute Gasteiger partial charge is 0.443 e. The summed E-state index contributed by atoms with van der Waals surface area (Å²) < 4.78 is 8.29. The number of hydrogen-bond acceptors (Lipinski definition) is 7. The van der Waals surface area contributed by atoms with Crippen molar-refractivity contribution in [2.24, 2.45) is 14.1 Å². The molecule has 0 atom stereocenters. The third-order valence-corrected chi connectivity index (χ3v) is 3.79. The number of nitrogens with one attached hydrogen (secondary N) is 1. The van der Waals surface area contributed by atoms with E-state index in [0.29, 0.717) is 16.2 Å². The van der Waals surface area contributed by atoms with Gasteiger partial charge in [-0.25, -0.2) is 9.59 Å². The van der Waals surface area contributed by atoms with Gasteiger partial charge in [-0.3, -0.25) is 14.3 Å². The first kappa shape index (κ1) is 18.4. The van der Waals surface area contributed by atoms with Crippen LogP contribution in [0.2, 0.25) is 0 Å². The van der Waals surface area contributed by atoms with Crippen LogP contribution in [0.3, 0.4) is 0 Å². The molecule has 0 saturated heterocycles. The monoisotopic (exact) mass is 372 g/mol. The van der Waals surface area contributed by atoms with Crippen LogP contribution in [0.1, 0.15) is 20.8 Å². The fourth-order valence-corrected chi connectivity index (χ4v) is 2.54. The Morgan fingerprint density at radius 1 is 1.11 bits per heavy atom. The maximum atomic E-state index is 12.9. The Morgan fingerprint density at radius 2 is 1.74 bits per heavy atom.